The molecule has 0 aliphatic heterocycles. The van der Waals surface area contributed by atoms with E-state index in [9.17, 15) is 26.7 Å². The van der Waals surface area contributed by atoms with Crippen LogP contribution in [0.1, 0.15) is 21.7 Å². The summed E-state index contributed by atoms with van der Waals surface area (Å²) in [6.07, 6.45) is -4.76. The Morgan fingerprint density at radius 2 is 1.97 bits per heavy atom. The summed E-state index contributed by atoms with van der Waals surface area (Å²) in [5.41, 5.74) is -1.08. The standard InChI is InChI=1S/C20H13F5N4O2S/c1-10-4-5-11(14(7-10)31-19(21)22)27-18(30)13-9-17-26-12(15-3-2-6-32-15)8-16(20(23,24)25)29(17)28-13/h2-9,19H,1H3,(H,27,30). The van der Waals surface area contributed by atoms with E-state index in [1.54, 1.807) is 30.5 Å². The zero-order valence-electron chi connectivity index (χ0n) is 16.2. The largest absolute Gasteiger partial charge is 0.433 e. The number of aromatic nitrogens is 3. The van der Waals surface area contributed by atoms with E-state index in [1.807, 2.05) is 0 Å². The van der Waals surface area contributed by atoms with E-state index in [0.29, 0.717) is 15.0 Å². The van der Waals surface area contributed by atoms with E-state index in [1.165, 1.54) is 23.5 Å². The molecule has 0 aliphatic carbocycles. The minimum absolute atomic E-state index is 0.0813. The van der Waals surface area contributed by atoms with Gasteiger partial charge in [0.2, 0.25) is 0 Å². The van der Waals surface area contributed by atoms with E-state index in [2.05, 4.69) is 20.1 Å². The van der Waals surface area contributed by atoms with Crippen molar-refractivity contribution in [1.82, 2.24) is 14.6 Å². The quantitative estimate of drug-likeness (QED) is 0.385. The first-order chi connectivity index (χ1) is 15.1. The Bertz CT molecular complexity index is 1290. The van der Waals surface area contributed by atoms with Crippen molar-refractivity contribution in [3.05, 3.63) is 64.8 Å². The monoisotopic (exact) mass is 468 g/mol. The third-order valence-corrected chi connectivity index (χ3v) is 5.22. The molecule has 3 heterocycles. The van der Waals surface area contributed by atoms with Crippen LogP contribution in [0.25, 0.3) is 16.2 Å². The molecular formula is C20H13F5N4O2S. The second kappa shape index (κ2) is 8.19. The van der Waals surface area contributed by atoms with Gasteiger partial charge in [0.25, 0.3) is 5.91 Å². The maximum absolute atomic E-state index is 13.6. The predicted octanol–water partition coefficient (Wildman–Crippen LogP) is 5.64. The number of fused-ring (bicyclic) bond motifs is 1. The molecule has 0 saturated carbocycles. The normalized spacial score (nSPS) is 11.8. The molecule has 0 aliphatic rings. The molecule has 6 nitrogen and oxygen atoms in total. The molecule has 1 N–H and O–H groups in total. The van der Waals surface area contributed by atoms with E-state index >= 15 is 0 Å². The van der Waals surface area contributed by atoms with Crippen molar-refractivity contribution in [1.29, 1.82) is 0 Å². The van der Waals surface area contributed by atoms with Crippen LogP contribution in [0.3, 0.4) is 0 Å². The number of amides is 1. The summed E-state index contributed by atoms with van der Waals surface area (Å²) in [7, 11) is 0. The van der Waals surface area contributed by atoms with Gasteiger partial charge < -0.3 is 10.1 Å². The number of rotatable bonds is 5. The smallest absolute Gasteiger partial charge is 0.433 e. The van der Waals surface area contributed by atoms with Gasteiger partial charge >= 0.3 is 12.8 Å². The highest BCUT2D eigenvalue weighted by molar-refractivity contribution is 7.13. The average molecular weight is 468 g/mol. The van der Waals surface area contributed by atoms with Crippen molar-refractivity contribution >= 4 is 28.6 Å². The molecule has 166 valence electrons. The maximum atomic E-state index is 13.6. The third kappa shape index (κ3) is 4.40. The molecule has 0 spiro atoms. The number of carbonyl (C=O) groups is 1. The van der Waals surface area contributed by atoms with Crippen LogP contribution >= 0.6 is 11.3 Å². The molecule has 0 radical (unpaired) electrons. The SMILES string of the molecule is Cc1ccc(NC(=O)c2cc3nc(-c4cccs4)cc(C(F)(F)F)n3n2)c(OC(F)F)c1. The minimum atomic E-state index is -4.76. The van der Waals surface area contributed by atoms with Crippen molar-refractivity contribution in [3.63, 3.8) is 0 Å². The summed E-state index contributed by atoms with van der Waals surface area (Å²) in [5, 5.41) is 7.78. The molecule has 0 bridgehead atoms. The van der Waals surface area contributed by atoms with Gasteiger partial charge in [-0.05, 0) is 42.1 Å². The van der Waals surface area contributed by atoms with Gasteiger partial charge in [-0.2, -0.15) is 27.1 Å². The topological polar surface area (TPSA) is 68.5 Å². The molecule has 0 fully saturated rings. The first kappa shape index (κ1) is 21.7. The number of anilines is 1. The zero-order valence-corrected chi connectivity index (χ0v) is 17.0. The van der Waals surface area contributed by atoms with E-state index < -0.39 is 24.4 Å². The molecule has 0 unspecified atom stereocenters. The van der Waals surface area contributed by atoms with Gasteiger partial charge in [0.15, 0.2) is 17.0 Å². The van der Waals surface area contributed by atoms with Crippen LogP contribution in [0, 0.1) is 6.92 Å². The number of thiophene rings is 1. The Morgan fingerprint density at radius 3 is 2.62 bits per heavy atom. The lowest BCUT2D eigenvalue weighted by Gasteiger charge is -2.12. The second-order valence-electron chi connectivity index (χ2n) is 6.63. The van der Waals surface area contributed by atoms with Crippen LogP contribution in [0.5, 0.6) is 5.75 Å². The van der Waals surface area contributed by atoms with Crippen LogP contribution in [-0.4, -0.2) is 27.1 Å². The molecule has 32 heavy (non-hydrogen) atoms. The Hall–Kier alpha value is -3.54. The van der Waals surface area contributed by atoms with Gasteiger partial charge in [-0.15, -0.1) is 11.3 Å². The molecule has 4 rings (SSSR count). The van der Waals surface area contributed by atoms with Crippen molar-refractivity contribution < 1.29 is 31.5 Å². The fourth-order valence-electron chi connectivity index (χ4n) is 2.95. The number of benzene rings is 1. The number of hydrogen-bond acceptors (Lipinski definition) is 5. The first-order valence-corrected chi connectivity index (χ1v) is 9.88. The van der Waals surface area contributed by atoms with Crippen LogP contribution in [0.2, 0.25) is 0 Å². The lowest BCUT2D eigenvalue weighted by molar-refractivity contribution is -0.142. The Morgan fingerprint density at radius 1 is 1.19 bits per heavy atom. The van der Waals surface area contributed by atoms with Crippen molar-refractivity contribution in [2.24, 2.45) is 0 Å². The number of carbonyl (C=O) groups excluding carboxylic acids is 1. The average Bonchev–Trinajstić information content (AvgIpc) is 3.37. The van der Waals surface area contributed by atoms with Gasteiger partial charge in [0.05, 0.1) is 16.3 Å². The van der Waals surface area contributed by atoms with Gasteiger partial charge in [-0.25, -0.2) is 9.50 Å². The summed E-state index contributed by atoms with van der Waals surface area (Å²) >= 11 is 1.21. The fraction of sp³-hybridized carbons (Fsp3) is 0.150. The minimum Gasteiger partial charge on any atom is -0.433 e. The number of alkyl halides is 5. The highest BCUT2D eigenvalue weighted by Crippen LogP contribution is 2.34. The number of nitrogens with zero attached hydrogens (tertiary/aromatic N) is 3. The molecule has 1 aromatic carbocycles. The third-order valence-electron chi connectivity index (χ3n) is 4.33. The summed E-state index contributed by atoms with van der Waals surface area (Å²) in [6.45, 7) is -1.49. The Kier molecular flexibility index (Phi) is 5.55. The Balaban J connectivity index is 1.74. The van der Waals surface area contributed by atoms with E-state index in [4.69, 9.17) is 0 Å². The Labute approximate surface area is 181 Å². The van der Waals surface area contributed by atoms with E-state index in [-0.39, 0.29) is 28.5 Å². The lowest BCUT2D eigenvalue weighted by Crippen LogP contribution is -2.16. The van der Waals surface area contributed by atoms with Gasteiger partial charge in [0.1, 0.15) is 5.75 Å². The van der Waals surface area contributed by atoms with Crippen molar-refractivity contribution in [3.8, 4) is 16.3 Å². The highest BCUT2D eigenvalue weighted by atomic mass is 32.1. The summed E-state index contributed by atoms with van der Waals surface area (Å²) in [6, 6.07) is 9.42. The number of nitrogens with one attached hydrogen (secondary N) is 1. The number of aryl methyl sites for hydroxylation is 1. The number of hydrogen-bond donors (Lipinski definition) is 1. The van der Waals surface area contributed by atoms with E-state index in [0.717, 1.165) is 12.1 Å². The fourth-order valence-corrected chi connectivity index (χ4v) is 3.64. The maximum Gasteiger partial charge on any atom is 0.433 e. The number of ether oxygens (including phenoxy) is 1. The summed E-state index contributed by atoms with van der Waals surface area (Å²) in [5.74, 6) is -1.20. The van der Waals surface area contributed by atoms with Crippen LogP contribution < -0.4 is 10.1 Å². The van der Waals surface area contributed by atoms with Crippen LogP contribution in [0.15, 0.2) is 47.8 Å². The molecule has 1 amide bonds. The van der Waals surface area contributed by atoms with Gasteiger partial charge in [-0.3, -0.25) is 4.79 Å². The van der Waals surface area contributed by atoms with Crippen LogP contribution in [-0.2, 0) is 6.18 Å². The summed E-state index contributed by atoms with van der Waals surface area (Å²) in [4.78, 5) is 17.3. The van der Waals surface area contributed by atoms with Crippen molar-refractivity contribution in [2.45, 2.75) is 19.7 Å². The summed E-state index contributed by atoms with van der Waals surface area (Å²) < 4.78 is 71.2. The molecule has 4 aromatic rings. The molecule has 3 aromatic heterocycles. The molecule has 12 heteroatoms. The second-order valence-corrected chi connectivity index (χ2v) is 7.58. The van der Waals surface area contributed by atoms with Crippen LogP contribution in [0.4, 0.5) is 27.6 Å². The lowest BCUT2D eigenvalue weighted by atomic mass is 10.2. The van der Waals surface area contributed by atoms with Gasteiger partial charge in [0, 0.05) is 6.07 Å². The first-order valence-electron chi connectivity index (χ1n) is 9.00. The molecular weight excluding hydrogens is 455 g/mol. The van der Waals surface area contributed by atoms with Crippen molar-refractivity contribution in [2.75, 3.05) is 5.32 Å². The molecule has 0 saturated heterocycles. The van der Waals surface area contributed by atoms with Gasteiger partial charge in [-0.1, -0.05) is 12.1 Å². The molecule has 0 atom stereocenters. The zero-order chi connectivity index (χ0) is 23.0. The highest BCUT2D eigenvalue weighted by Gasteiger charge is 2.35. The number of halogens is 5. The predicted molar refractivity (Wildman–Crippen MR) is 107 cm³/mol.